The summed E-state index contributed by atoms with van der Waals surface area (Å²) in [7, 11) is 0. The monoisotopic (exact) mass is 232 g/mol. The van der Waals surface area contributed by atoms with Gasteiger partial charge >= 0.3 is 0 Å². The second-order valence-corrected chi connectivity index (χ2v) is 4.52. The van der Waals surface area contributed by atoms with E-state index in [1.54, 1.807) is 0 Å². The summed E-state index contributed by atoms with van der Waals surface area (Å²) in [6, 6.07) is 9.65. The molecule has 0 aliphatic heterocycles. The molecule has 0 radical (unpaired) electrons. The molecule has 0 aromatic heterocycles. The third-order valence-electron chi connectivity index (χ3n) is 3.16. The molecule has 1 aromatic carbocycles. The maximum atomic E-state index is 10.1. The molecule has 2 heteroatoms. The van der Waals surface area contributed by atoms with Gasteiger partial charge < -0.3 is 9.84 Å². The number of hydrogen-bond acceptors (Lipinski definition) is 2. The van der Waals surface area contributed by atoms with Crippen LogP contribution in [0.2, 0.25) is 0 Å². The molecule has 2 nitrogen and oxygen atoms in total. The van der Waals surface area contributed by atoms with Crippen LogP contribution in [-0.2, 0) is 0 Å². The van der Waals surface area contributed by atoms with Crippen molar-refractivity contribution in [3.8, 4) is 5.75 Å². The fourth-order valence-electron chi connectivity index (χ4n) is 2.14. The zero-order valence-electron chi connectivity index (χ0n) is 10.1. The van der Waals surface area contributed by atoms with E-state index in [1.807, 2.05) is 30.3 Å². The standard InChI is InChI=1S/C15H20O2/c16-15(13-8-4-1-2-5-9-13)12-17-14-10-6-3-7-11-14/h3,6-8,10-11,15-16H,1-2,4-5,9,12H2. The third-order valence-corrected chi connectivity index (χ3v) is 3.16. The Morgan fingerprint density at radius 2 is 1.94 bits per heavy atom. The first-order valence-electron chi connectivity index (χ1n) is 6.41. The van der Waals surface area contributed by atoms with Gasteiger partial charge in [-0.2, -0.15) is 0 Å². The van der Waals surface area contributed by atoms with Crippen molar-refractivity contribution >= 4 is 0 Å². The summed E-state index contributed by atoms with van der Waals surface area (Å²) in [5, 5.41) is 10.1. The van der Waals surface area contributed by atoms with Gasteiger partial charge in [-0.1, -0.05) is 30.7 Å². The molecule has 1 aliphatic rings. The van der Waals surface area contributed by atoms with Crippen LogP contribution < -0.4 is 4.74 Å². The van der Waals surface area contributed by atoms with Crippen molar-refractivity contribution in [1.82, 2.24) is 0 Å². The number of benzene rings is 1. The van der Waals surface area contributed by atoms with Gasteiger partial charge in [0, 0.05) is 0 Å². The summed E-state index contributed by atoms with van der Waals surface area (Å²) in [5.41, 5.74) is 1.15. The van der Waals surface area contributed by atoms with Gasteiger partial charge in [0.2, 0.25) is 0 Å². The molecule has 0 saturated heterocycles. The first kappa shape index (κ1) is 12.2. The molecule has 0 spiro atoms. The Labute approximate surface area is 103 Å². The minimum atomic E-state index is -0.451. The van der Waals surface area contributed by atoms with Crippen LogP contribution in [-0.4, -0.2) is 17.8 Å². The summed E-state index contributed by atoms with van der Waals surface area (Å²) in [6.07, 6.45) is 7.55. The minimum absolute atomic E-state index is 0.357. The molecule has 0 fully saturated rings. The maximum Gasteiger partial charge on any atom is 0.119 e. The normalized spacial score (nSPS) is 18.1. The summed E-state index contributed by atoms with van der Waals surface area (Å²) >= 11 is 0. The Morgan fingerprint density at radius 1 is 1.12 bits per heavy atom. The zero-order chi connectivity index (χ0) is 11.9. The van der Waals surface area contributed by atoms with Gasteiger partial charge in [-0.3, -0.25) is 0 Å². The van der Waals surface area contributed by atoms with Crippen LogP contribution in [0.1, 0.15) is 32.1 Å². The Bertz CT molecular complexity index is 356. The molecular formula is C15H20O2. The van der Waals surface area contributed by atoms with Gasteiger partial charge in [-0.15, -0.1) is 0 Å². The second kappa shape index (κ2) is 6.45. The molecule has 2 rings (SSSR count). The number of ether oxygens (including phenoxy) is 1. The van der Waals surface area contributed by atoms with Crippen LogP contribution in [0.4, 0.5) is 0 Å². The number of hydrogen-bond donors (Lipinski definition) is 1. The van der Waals surface area contributed by atoms with Crippen LogP contribution in [0.3, 0.4) is 0 Å². The van der Waals surface area contributed by atoms with Crippen LogP contribution >= 0.6 is 0 Å². The smallest absolute Gasteiger partial charge is 0.119 e. The third kappa shape index (κ3) is 3.90. The van der Waals surface area contributed by atoms with Gasteiger partial charge in [0.1, 0.15) is 18.5 Å². The lowest BCUT2D eigenvalue weighted by Crippen LogP contribution is -2.20. The van der Waals surface area contributed by atoms with Crippen LogP contribution in [0.25, 0.3) is 0 Å². The Morgan fingerprint density at radius 3 is 2.76 bits per heavy atom. The van der Waals surface area contributed by atoms with E-state index < -0.39 is 6.10 Å². The Balaban J connectivity index is 1.84. The number of aliphatic hydroxyl groups excluding tert-OH is 1. The first-order chi connectivity index (χ1) is 8.36. The van der Waals surface area contributed by atoms with E-state index in [1.165, 1.54) is 19.3 Å². The van der Waals surface area contributed by atoms with E-state index in [2.05, 4.69) is 6.08 Å². The van der Waals surface area contributed by atoms with Gasteiger partial charge in [-0.05, 0) is 43.4 Å². The molecule has 1 N–H and O–H groups in total. The van der Waals surface area contributed by atoms with E-state index in [4.69, 9.17) is 4.74 Å². The highest BCUT2D eigenvalue weighted by Gasteiger charge is 2.13. The molecule has 1 atom stereocenters. The van der Waals surface area contributed by atoms with Crippen molar-refractivity contribution in [2.24, 2.45) is 0 Å². The highest BCUT2D eigenvalue weighted by atomic mass is 16.5. The highest BCUT2D eigenvalue weighted by Crippen LogP contribution is 2.20. The molecule has 0 heterocycles. The summed E-state index contributed by atoms with van der Waals surface area (Å²) in [6.45, 7) is 0.357. The number of aliphatic hydroxyl groups is 1. The van der Waals surface area contributed by atoms with Crippen molar-refractivity contribution in [3.63, 3.8) is 0 Å². The highest BCUT2D eigenvalue weighted by molar-refractivity contribution is 5.21. The average molecular weight is 232 g/mol. The fraction of sp³-hybridized carbons (Fsp3) is 0.467. The van der Waals surface area contributed by atoms with E-state index in [0.717, 1.165) is 24.2 Å². The lowest BCUT2D eigenvalue weighted by molar-refractivity contribution is 0.132. The van der Waals surface area contributed by atoms with Gasteiger partial charge in [0.15, 0.2) is 0 Å². The molecule has 1 aliphatic carbocycles. The largest absolute Gasteiger partial charge is 0.491 e. The van der Waals surface area contributed by atoms with Crippen molar-refractivity contribution in [3.05, 3.63) is 42.0 Å². The number of rotatable bonds is 4. The summed E-state index contributed by atoms with van der Waals surface area (Å²) < 4.78 is 5.57. The molecule has 17 heavy (non-hydrogen) atoms. The number of para-hydroxylation sites is 1. The molecule has 0 saturated carbocycles. The van der Waals surface area contributed by atoms with Crippen molar-refractivity contribution < 1.29 is 9.84 Å². The van der Waals surface area contributed by atoms with Crippen molar-refractivity contribution in [2.75, 3.05) is 6.61 Å². The molecule has 1 unspecified atom stereocenters. The lowest BCUT2D eigenvalue weighted by atomic mass is 10.1. The van der Waals surface area contributed by atoms with Crippen LogP contribution in [0.15, 0.2) is 42.0 Å². The Hall–Kier alpha value is -1.28. The van der Waals surface area contributed by atoms with E-state index in [0.29, 0.717) is 6.61 Å². The SMILES string of the molecule is OC(COc1ccccc1)C1=CCCCCC1. The molecule has 92 valence electrons. The summed E-state index contributed by atoms with van der Waals surface area (Å²) in [4.78, 5) is 0. The molecule has 0 bridgehead atoms. The second-order valence-electron chi connectivity index (χ2n) is 4.52. The Kier molecular flexibility index (Phi) is 4.63. The maximum absolute atomic E-state index is 10.1. The predicted molar refractivity (Wildman–Crippen MR) is 69.1 cm³/mol. The van der Waals surface area contributed by atoms with Gasteiger partial charge in [0.25, 0.3) is 0 Å². The van der Waals surface area contributed by atoms with Crippen molar-refractivity contribution in [1.29, 1.82) is 0 Å². The van der Waals surface area contributed by atoms with Crippen LogP contribution in [0.5, 0.6) is 5.75 Å². The minimum Gasteiger partial charge on any atom is -0.491 e. The fourth-order valence-corrected chi connectivity index (χ4v) is 2.14. The quantitative estimate of drug-likeness (QED) is 0.807. The topological polar surface area (TPSA) is 29.5 Å². The molecule has 1 aromatic rings. The molecule has 0 amide bonds. The lowest BCUT2D eigenvalue weighted by Gasteiger charge is -2.15. The van der Waals surface area contributed by atoms with E-state index >= 15 is 0 Å². The van der Waals surface area contributed by atoms with Crippen LogP contribution in [0, 0.1) is 0 Å². The zero-order valence-corrected chi connectivity index (χ0v) is 10.1. The number of allylic oxidation sites excluding steroid dienone is 1. The predicted octanol–water partition coefficient (Wildman–Crippen LogP) is 3.32. The van der Waals surface area contributed by atoms with Crippen molar-refractivity contribution in [2.45, 2.75) is 38.2 Å². The van der Waals surface area contributed by atoms with E-state index in [9.17, 15) is 5.11 Å². The van der Waals surface area contributed by atoms with Gasteiger partial charge in [-0.25, -0.2) is 0 Å². The van der Waals surface area contributed by atoms with Gasteiger partial charge in [0.05, 0.1) is 0 Å². The average Bonchev–Trinajstić information content (AvgIpc) is 2.66. The summed E-state index contributed by atoms with van der Waals surface area (Å²) in [5.74, 6) is 0.820. The first-order valence-corrected chi connectivity index (χ1v) is 6.41. The van der Waals surface area contributed by atoms with E-state index in [-0.39, 0.29) is 0 Å². The molecular weight excluding hydrogens is 212 g/mol.